The third-order valence-electron chi connectivity index (χ3n) is 4.58. The van der Waals surface area contributed by atoms with E-state index in [4.69, 9.17) is 4.74 Å². The zero-order valence-corrected chi connectivity index (χ0v) is 16.5. The number of hydrogen-bond acceptors (Lipinski definition) is 7. The van der Waals surface area contributed by atoms with Crippen LogP contribution in [0.1, 0.15) is 55.5 Å². The first kappa shape index (κ1) is 19.8. The van der Waals surface area contributed by atoms with E-state index >= 15 is 0 Å². The predicted octanol–water partition coefficient (Wildman–Crippen LogP) is 4.24. The first-order chi connectivity index (χ1) is 13.6. The normalized spacial score (nSPS) is 15.1. The Labute approximate surface area is 167 Å². The third kappa shape index (κ3) is 4.87. The summed E-state index contributed by atoms with van der Waals surface area (Å²) in [5, 5.41) is 31.4. The Morgan fingerprint density at radius 3 is 2.89 bits per heavy atom. The number of anilines is 1. The molecule has 0 spiro atoms. The number of aromatic hydroxyl groups is 1. The molecule has 1 aliphatic carbocycles. The lowest BCUT2D eigenvalue weighted by atomic mass is 9.90. The van der Waals surface area contributed by atoms with Gasteiger partial charge in [0.2, 0.25) is 5.13 Å². The molecule has 0 aliphatic heterocycles. The molecule has 3 rings (SSSR count). The number of hydrogen-bond donors (Lipinski definition) is 2. The maximum atomic E-state index is 12.5. The number of nitrogens with zero attached hydrogens (tertiary/aromatic N) is 3. The molecule has 0 saturated heterocycles. The van der Waals surface area contributed by atoms with Crippen LogP contribution in [-0.2, 0) is 4.79 Å². The van der Waals surface area contributed by atoms with E-state index in [2.05, 4.69) is 15.5 Å². The lowest BCUT2D eigenvalue weighted by Crippen LogP contribution is -2.13. The first-order valence-electron chi connectivity index (χ1n) is 9.33. The number of rotatable bonds is 6. The number of phenols is 1. The summed E-state index contributed by atoms with van der Waals surface area (Å²) >= 11 is 1.37. The van der Waals surface area contributed by atoms with E-state index in [1.54, 1.807) is 19.1 Å². The number of amides is 1. The van der Waals surface area contributed by atoms with Gasteiger partial charge >= 0.3 is 0 Å². The smallest absolute Gasteiger partial charge is 0.268 e. The number of benzene rings is 1. The second-order valence-electron chi connectivity index (χ2n) is 6.56. The van der Waals surface area contributed by atoms with Crippen molar-refractivity contribution < 1.29 is 14.6 Å². The average Bonchev–Trinajstić information content (AvgIpc) is 3.17. The fourth-order valence-corrected chi connectivity index (χ4v) is 4.08. The lowest BCUT2D eigenvalue weighted by molar-refractivity contribution is -0.112. The van der Waals surface area contributed by atoms with Gasteiger partial charge < -0.3 is 9.84 Å². The number of phenolic OH excluding ortho intramolecular Hbond substituents is 1. The van der Waals surface area contributed by atoms with Crippen molar-refractivity contribution in [3.63, 3.8) is 0 Å². The number of carbonyl (C=O) groups excluding carboxylic acids is 1. The monoisotopic (exact) mass is 398 g/mol. The summed E-state index contributed by atoms with van der Waals surface area (Å²) in [6.45, 7) is 2.20. The predicted molar refractivity (Wildman–Crippen MR) is 107 cm³/mol. The van der Waals surface area contributed by atoms with Gasteiger partial charge in [0.1, 0.15) is 16.6 Å². The number of carbonyl (C=O) groups is 1. The molecule has 0 atom stereocenters. The van der Waals surface area contributed by atoms with Gasteiger partial charge in [-0.1, -0.05) is 36.7 Å². The molecule has 1 aromatic heterocycles. The van der Waals surface area contributed by atoms with Crippen molar-refractivity contribution in [1.29, 1.82) is 5.26 Å². The van der Waals surface area contributed by atoms with Crippen molar-refractivity contribution in [1.82, 2.24) is 10.2 Å². The van der Waals surface area contributed by atoms with Crippen LogP contribution in [0.4, 0.5) is 5.13 Å². The Morgan fingerprint density at radius 1 is 1.39 bits per heavy atom. The van der Waals surface area contributed by atoms with Gasteiger partial charge in [-0.05, 0) is 43.5 Å². The molecule has 146 valence electrons. The number of aromatic nitrogens is 2. The van der Waals surface area contributed by atoms with E-state index in [1.807, 2.05) is 6.07 Å². The fraction of sp³-hybridized carbons (Fsp3) is 0.400. The van der Waals surface area contributed by atoms with Crippen molar-refractivity contribution in [2.45, 2.75) is 44.9 Å². The zero-order valence-electron chi connectivity index (χ0n) is 15.6. The molecule has 1 amide bonds. The highest BCUT2D eigenvalue weighted by Gasteiger charge is 2.21. The van der Waals surface area contributed by atoms with Gasteiger partial charge in [-0.25, -0.2) is 0 Å². The van der Waals surface area contributed by atoms with Crippen molar-refractivity contribution >= 4 is 28.5 Å². The van der Waals surface area contributed by atoms with E-state index in [9.17, 15) is 15.2 Å². The van der Waals surface area contributed by atoms with Gasteiger partial charge in [-0.3, -0.25) is 10.1 Å². The third-order valence-corrected chi connectivity index (χ3v) is 5.58. The van der Waals surface area contributed by atoms with E-state index in [0.29, 0.717) is 29.0 Å². The summed E-state index contributed by atoms with van der Waals surface area (Å²) in [5.41, 5.74) is 0.510. The molecule has 8 heteroatoms. The van der Waals surface area contributed by atoms with Gasteiger partial charge in [0.25, 0.3) is 5.91 Å². The van der Waals surface area contributed by atoms with Crippen LogP contribution in [0.15, 0.2) is 23.8 Å². The molecular formula is C20H22N4O3S. The van der Waals surface area contributed by atoms with Gasteiger partial charge in [-0.15, -0.1) is 10.2 Å². The number of nitriles is 1. The Hall–Kier alpha value is -2.92. The molecule has 2 aromatic rings. The van der Waals surface area contributed by atoms with Crippen molar-refractivity contribution in [2.75, 3.05) is 11.9 Å². The topological polar surface area (TPSA) is 108 Å². The van der Waals surface area contributed by atoms with Crippen molar-refractivity contribution in [3.8, 4) is 17.6 Å². The van der Waals surface area contributed by atoms with E-state index < -0.39 is 5.91 Å². The highest BCUT2D eigenvalue weighted by atomic mass is 32.1. The lowest BCUT2D eigenvalue weighted by Gasteiger charge is -2.18. The quantitative estimate of drug-likeness (QED) is 0.557. The second kappa shape index (κ2) is 9.33. The molecule has 1 fully saturated rings. The maximum Gasteiger partial charge on any atom is 0.268 e. The Balaban J connectivity index is 1.72. The number of nitrogens with one attached hydrogen (secondary N) is 1. The molecule has 0 unspecified atom stereocenters. The molecule has 1 saturated carbocycles. The Kier molecular flexibility index (Phi) is 6.61. The average molecular weight is 398 g/mol. The Bertz CT molecular complexity index is 910. The maximum absolute atomic E-state index is 12.5. The molecular weight excluding hydrogens is 376 g/mol. The molecule has 1 aromatic carbocycles. The van der Waals surface area contributed by atoms with Crippen LogP contribution in [0, 0.1) is 11.3 Å². The summed E-state index contributed by atoms with van der Waals surface area (Å²) in [6, 6.07) is 6.56. The molecule has 7 nitrogen and oxygen atoms in total. The summed E-state index contributed by atoms with van der Waals surface area (Å²) in [4.78, 5) is 12.5. The number of ether oxygens (including phenoxy) is 1. The van der Waals surface area contributed by atoms with Gasteiger partial charge in [0, 0.05) is 5.92 Å². The molecule has 0 radical (unpaired) electrons. The van der Waals surface area contributed by atoms with Crippen LogP contribution >= 0.6 is 11.3 Å². The van der Waals surface area contributed by atoms with Crippen LogP contribution in [-0.4, -0.2) is 27.8 Å². The minimum atomic E-state index is -0.542. The second-order valence-corrected chi connectivity index (χ2v) is 7.57. The summed E-state index contributed by atoms with van der Waals surface area (Å²) in [7, 11) is 0. The van der Waals surface area contributed by atoms with Crippen LogP contribution in [0.3, 0.4) is 0 Å². The SMILES string of the molecule is CCOc1cc(/C=C(/C#N)C(=O)Nc2nnc(C3CCCCC3)s2)ccc1O. The minimum Gasteiger partial charge on any atom is -0.504 e. The van der Waals surface area contributed by atoms with Crippen LogP contribution in [0.25, 0.3) is 6.08 Å². The highest BCUT2D eigenvalue weighted by Crippen LogP contribution is 2.35. The van der Waals surface area contributed by atoms with Crippen LogP contribution in [0.5, 0.6) is 11.5 Å². The van der Waals surface area contributed by atoms with Crippen molar-refractivity contribution in [2.24, 2.45) is 0 Å². The Morgan fingerprint density at radius 2 is 2.18 bits per heavy atom. The van der Waals surface area contributed by atoms with Crippen LogP contribution in [0.2, 0.25) is 0 Å². The van der Waals surface area contributed by atoms with Gasteiger partial charge in [0.05, 0.1) is 6.61 Å². The molecule has 1 heterocycles. The van der Waals surface area contributed by atoms with Gasteiger partial charge in [0.15, 0.2) is 11.5 Å². The molecule has 0 bridgehead atoms. The van der Waals surface area contributed by atoms with Crippen molar-refractivity contribution in [3.05, 3.63) is 34.3 Å². The standard InChI is InChI=1S/C20H22N4O3S/c1-2-27-17-11-13(8-9-16(17)25)10-15(12-21)18(26)22-20-24-23-19(28-20)14-6-4-3-5-7-14/h8-11,14,25H,2-7H2,1H3,(H,22,24,26)/b15-10-. The fourth-order valence-electron chi connectivity index (χ4n) is 3.17. The van der Waals surface area contributed by atoms with E-state index in [0.717, 1.165) is 17.8 Å². The largest absolute Gasteiger partial charge is 0.504 e. The molecule has 28 heavy (non-hydrogen) atoms. The minimum absolute atomic E-state index is 0.00561. The first-order valence-corrected chi connectivity index (χ1v) is 10.1. The highest BCUT2D eigenvalue weighted by molar-refractivity contribution is 7.15. The van der Waals surface area contributed by atoms with E-state index in [-0.39, 0.29) is 11.3 Å². The summed E-state index contributed by atoms with van der Waals surface area (Å²) < 4.78 is 5.33. The molecule has 1 aliphatic rings. The zero-order chi connectivity index (χ0) is 19.9. The molecule has 2 N–H and O–H groups in total. The summed E-state index contributed by atoms with van der Waals surface area (Å²) in [6.07, 6.45) is 7.31. The van der Waals surface area contributed by atoms with Crippen LogP contribution < -0.4 is 10.1 Å². The summed E-state index contributed by atoms with van der Waals surface area (Å²) in [5.74, 6) is 0.179. The van der Waals surface area contributed by atoms with Gasteiger partial charge in [-0.2, -0.15) is 5.26 Å². The van der Waals surface area contributed by atoms with E-state index in [1.165, 1.54) is 42.7 Å².